The Kier molecular flexibility index (Phi) is 3.17. The molecule has 1 aromatic rings. The molecule has 1 aliphatic heterocycles. The van der Waals surface area contributed by atoms with Crippen LogP contribution in [0.15, 0.2) is 30.0 Å². The maximum absolute atomic E-state index is 16.2. The van der Waals surface area contributed by atoms with E-state index in [-0.39, 0.29) is 0 Å². The Balaban J connectivity index is 1.99. The van der Waals surface area contributed by atoms with Crippen molar-refractivity contribution < 1.29 is 23.5 Å². The molecule has 0 saturated carbocycles. The molecular weight excluding hydrogens is 327 g/mol. The lowest BCUT2D eigenvalue weighted by Crippen LogP contribution is -2.73. The molecule has 3 aliphatic carbocycles. The minimum Gasteiger partial charge on any atom is -0.501 e. The maximum atomic E-state index is 16.2. The second kappa shape index (κ2) is 4.97. The fourth-order valence-electron chi connectivity index (χ4n) is 4.50. The number of urea groups is 1. The van der Waals surface area contributed by atoms with Crippen LogP contribution in [0.2, 0.25) is 0 Å². The molecule has 1 heterocycles. The van der Waals surface area contributed by atoms with Gasteiger partial charge in [0.1, 0.15) is 11.5 Å². The molecule has 4 aliphatic rings. The smallest absolute Gasteiger partial charge is 0.326 e. The molecule has 1 aromatic carbocycles. The van der Waals surface area contributed by atoms with Crippen LogP contribution in [0.25, 0.3) is 0 Å². The first kappa shape index (κ1) is 15.9. The van der Waals surface area contributed by atoms with Gasteiger partial charge in [-0.25, -0.2) is 9.18 Å². The van der Waals surface area contributed by atoms with Crippen molar-refractivity contribution in [2.24, 2.45) is 0 Å². The fraction of sp³-hybridized carbons (Fsp3) is 0.444. The number of benzene rings is 1. The van der Waals surface area contributed by atoms with Gasteiger partial charge in [-0.05, 0) is 29.3 Å². The van der Waals surface area contributed by atoms with Gasteiger partial charge in [0, 0.05) is 14.1 Å². The number of amides is 3. The number of carbonyl (C=O) groups excluding carboxylic acids is 2. The zero-order valence-corrected chi connectivity index (χ0v) is 14.4. The Morgan fingerprint density at radius 1 is 1.12 bits per heavy atom. The van der Waals surface area contributed by atoms with Crippen LogP contribution in [0.5, 0.6) is 5.75 Å². The topological polar surface area (TPSA) is 59.1 Å². The summed E-state index contributed by atoms with van der Waals surface area (Å²) >= 11 is 0. The van der Waals surface area contributed by atoms with E-state index in [1.54, 1.807) is 25.3 Å². The van der Waals surface area contributed by atoms with Crippen molar-refractivity contribution in [3.8, 4) is 5.75 Å². The van der Waals surface area contributed by atoms with Gasteiger partial charge in [0.2, 0.25) is 5.67 Å². The van der Waals surface area contributed by atoms with Crippen molar-refractivity contribution in [1.29, 1.82) is 0 Å². The quantitative estimate of drug-likeness (QED) is 0.822. The predicted molar refractivity (Wildman–Crippen MR) is 87.1 cm³/mol. The standard InChI is InChI=1S/C18H19FN2O4/c1-20-15-14-11-7-9(24-3)5-6-10(11)12(8-13(14)25-4)18(15,19)16(22)21(2)17(20)23/h5-8,12,14-15H,1-4H3/t12-,14-,15-,18-/m1/s1. The van der Waals surface area contributed by atoms with Crippen molar-refractivity contribution in [2.45, 2.75) is 23.5 Å². The van der Waals surface area contributed by atoms with Gasteiger partial charge in [-0.3, -0.25) is 9.69 Å². The highest BCUT2D eigenvalue weighted by Crippen LogP contribution is 2.59. The van der Waals surface area contributed by atoms with E-state index in [1.165, 1.54) is 26.1 Å². The average molecular weight is 346 g/mol. The summed E-state index contributed by atoms with van der Waals surface area (Å²) in [6, 6.07) is 3.91. The van der Waals surface area contributed by atoms with E-state index in [2.05, 4.69) is 0 Å². The SMILES string of the molecule is COC1=C[C@@H]2c3ccc(OC)cc3[C@H]1[C@H]1N(C)C(=O)N(C)C(=O)[C@@]21F. The molecule has 3 amide bonds. The lowest BCUT2D eigenvalue weighted by Gasteiger charge is -2.56. The van der Waals surface area contributed by atoms with E-state index >= 15 is 4.39 Å². The molecule has 0 radical (unpaired) electrons. The molecule has 25 heavy (non-hydrogen) atoms. The Bertz CT molecular complexity index is 823. The average Bonchev–Trinajstić information content (AvgIpc) is 2.64. The Labute approximate surface area is 144 Å². The van der Waals surface area contributed by atoms with Gasteiger partial charge in [-0.2, -0.15) is 0 Å². The molecule has 5 rings (SSSR count). The van der Waals surface area contributed by atoms with E-state index in [1.807, 2.05) is 6.07 Å². The van der Waals surface area contributed by atoms with Gasteiger partial charge in [0.15, 0.2) is 0 Å². The third-order valence-electron chi connectivity index (χ3n) is 5.67. The highest BCUT2D eigenvalue weighted by Gasteiger charge is 2.68. The molecular formula is C18H19FN2O4. The molecule has 4 atom stereocenters. The minimum absolute atomic E-state index is 0.518. The van der Waals surface area contributed by atoms with Gasteiger partial charge >= 0.3 is 6.03 Å². The summed E-state index contributed by atoms with van der Waals surface area (Å²) < 4.78 is 27.0. The largest absolute Gasteiger partial charge is 0.501 e. The van der Waals surface area contributed by atoms with Crippen LogP contribution in [0.3, 0.4) is 0 Å². The van der Waals surface area contributed by atoms with Crippen LogP contribution in [-0.2, 0) is 9.53 Å². The van der Waals surface area contributed by atoms with Crippen LogP contribution in [0, 0.1) is 0 Å². The van der Waals surface area contributed by atoms with Gasteiger partial charge in [0.05, 0.1) is 32.1 Å². The second-order valence-electron chi connectivity index (χ2n) is 6.69. The van der Waals surface area contributed by atoms with Gasteiger partial charge in [0.25, 0.3) is 5.91 Å². The molecule has 0 aromatic heterocycles. The van der Waals surface area contributed by atoms with Gasteiger partial charge < -0.3 is 14.4 Å². The zero-order valence-electron chi connectivity index (χ0n) is 14.4. The van der Waals surface area contributed by atoms with Crippen LogP contribution in [0.4, 0.5) is 9.18 Å². The fourth-order valence-corrected chi connectivity index (χ4v) is 4.50. The lowest BCUT2D eigenvalue weighted by molar-refractivity contribution is -0.154. The number of rotatable bonds is 2. The molecule has 0 unspecified atom stereocenters. The van der Waals surface area contributed by atoms with Crippen molar-refractivity contribution in [2.75, 3.05) is 28.3 Å². The lowest BCUT2D eigenvalue weighted by atomic mass is 9.58. The number of nitrogens with zero attached hydrogens (tertiary/aromatic N) is 2. The normalized spacial score (nSPS) is 33.0. The summed E-state index contributed by atoms with van der Waals surface area (Å²) in [7, 11) is 5.92. The number of allylic oxidation sites excluding steroid dienone is 1. The molecule has 7 heteroatoms. The van der Waals surface area contributed by atoms with Crippen LogP contribution >= 0.6 is 0 Å². The van der Waals surface area contributed by atoms with E-state index < -0.39 is 35.5 Å². The molecule has 6 nitrogen and oxygen atoms in total. The molecule has 2 bridgehead atoms. The van der Waals surface area contributed by atoms with E-state index in [0.29, 0.717) is 11.5 Å². The highest BCUT2D eigenvalue weighted by atomic mass is 19.1. The van der Waals surface area contributed by atoms with Gasteiger partial charge in [-0.15, -0.1) is 0 Å². The van der Waals surface area contributed by atoms with E-state index in [0.717, 1.165) is 16.0 Å². The molecule has 0 N–H and O–H groups in total. The van der Waals surface area contributed by atoms with Crippen LogP contribution in [0.1, 0.15) is 23.0 Å². The molecule has 0 spiro atoms. The van der Waals surface area contributed by atoms with Crippen molar-refractivity contribution in [3.63, 3.8) is 0 Å². The first-order chi connectivity index (χ1) is 11.9. The summed E-state index contributed by atoms with van der Waals surface area (Å²) in [5.74, 6) is -0.968. The Hall–Kier alpha value is -2.57. The number of ether oxygens (including phenoxy) is 2. The van der Waals surface area contributed by atoms with Gasteiger partial charge in [-0.1, -0.05) is 6.07 Å². The van der Waals surface area contributed by atoms with Crippen molar-refractivity contribution in [3.05, 3.63) is 41.2 Å². The van der Waals surface area contributed by atoms with Crippen molar-refractivity contribution in [1.82, 2.24) is 9.80 Å². The second-order valence-corrected chi connectivity index (χ2v) is 6.69. The monoisotopic (exact) mass is 346 g/mol. The van der Waals surface area contributed by atoms with E-state index in [4.69, 9.17) is 9.47 Å². The summed E-state index contributed by atoms with van der Waals surface area (Å²) in [5.41, 5.74) is -0.653. The Morgan fingerprint density at radius 3 is 2.48 bits per heavy atom. The number of methoxy groups -OCH3 is 2. The number of imide groups is 1. The maximum Gasteiger partial charge on any atom is 0.326 e. The highest BCUT2D eigenvalue weighted by molar-refractivity contribution is 6.03. The summed E-state index contributed by atoms with van der Waals surface area (Å²) in [4.78, 5) is 27.4. The number of hydrogen-bond acceptors (Lipinski definition) is 4. The third kappa shape index (κ3) is 1.73. The molecule has 132 valence electrons. The Morgan fingerprint density at radius 2 is 1.84 bits per heavy atom. The number of hydrogen-bond donors (Lipinski definition) is 0. The van der Waals surface area contributed by atoms with Crippen LogP contribution < -0.4 is 4.74 Å². The number of halogens is 1. The number of alkyl halides is 1. The van der Waals surface area contributed by atoms with E-state index in [9.17, 15) is 9.59 Å². The first-order valence-electron chi connectivity index (χ1n) is 8.03. The first-order valence-corrected chi connectivity index (χ1v) is 8.03. The minimum atomic E-state index is -2.22. The zero-order chi connectivity index (χ0) is 18.1. The molecule has 1 saturated heterocycles. The third-order valence-corrected chi connectivity index (χ3v) is 5.67. The number of carbonyl (C=O) groups is 2. The molecule has 1 fully saturated rings. The summed E-state index contributed by atoms with van der Waals surface area (Å²) in [6.45, 7) is 0. The summed E-state index contributed by atoms with van der Waals surface area (Å²) in [6.07, 6.45) is 1.67. The summed E-state index contributed by atoms with van der Waals surface area (Å²) in [5, 5.41) is 0. The van der Waals surface area contributed by atoms with Crippen LogP contribution in [-0.4, -0.2) is 61.8 Å². The number of likely N-dealkylation sites (N-methyl/N-ethyl adjacent to an activating group) is 1. The van der Waals surface area contributed by atoms with Crippen molar-refractivity contribution >= 4 is 11.9 Å². The predicted octanol–water partition coefficient (Wildman–Crippen LogP) is 2.02.